The maximum Gasteiger partial charge on any atom is 0.306 e. The lowest BCUT2D eigenvalue weighted by atomic mass is 9.96. The van der Waals surface area contributed by atoms with Crippen molar-refractivity contribution in [1.82, 2.24) is 0 Å². The Labute approximate surface area is 110 Å². The van der Waals surface area contributed by atoms with Gasteiger partial charge in [-0.05, 0) is 30.7 Å². The SMILES string of the molecule is COc1ccc(OC)c2c1CC(C(=O)O)CCS2. The first-order valence-electron chi connectivity index (χ1n) is 5.76. The van der Waals surface area contributed by atoms with Crippen molar-refractivity contribution in [3.05, 3.63) is 17.7 Å². The Bertz CT molecular complexity index is 459. The second-order valence-corrected chi connectivity index (χ2v) is 5.26. The zero-order chi connectivity index (χ0) is 13.1. The Morgan fingerprint density at radius 2 is 2.00 bits per heavy atom. The molecule has 1 unspecified atom stereocenters. The van der Waals surface area contributed by atoms with E-state index < -0.39 is 5.97 Å². The molecule has 0 bridgehead atoms. The van der Waals surface area contributed by atoms with Crippen molar-refractivity contribution in [2.24, 2.45) is 5.92 Å². The maximum absolute atomic E-state index is 11.2. The average molecular weight is 268 g/mol. The second-order valence-electron chi connectivity index (χ2n) is 4.15. The molecule has 1 aliphatic rings. The first-order valence-corrected chi connectivity index (χ1v) is 6.75. The molecule has 0 saturated heterocycles. The molecular weight excluding hydrogens is 252 g/mol. The van der Waals surface area contributed by atoms with Crippen molar-refractivity contribution in [3.63, 3.8) is 0 Å². The molecule has 1 heterocycles. The Balaban J connectivity index is 2.46. The van der Waals surface area contributed by atoms with Crippen molar-refractivity contribution < 1.29 is 19.4 Å². The quantitative estimate of drug-likeness (QED) is 0.912. The molecule has 4 nitrogen and oxygen atoms in total. The second kappa shape index (κ2) is 5.52. The summed E-state index contributed by atoms with van der Waals surface area (Å²) in [5.41, 5.74) is 0.951. The lowest BCUT2D eigenvalue weighted by Gasteiger charge is -2.15. The van der Waals surface area contributed by atoms with Gasteiger partial charge in [0.05, 0.1) is 25.0 Å². The zero-order valence-corrected chi connectivity index (χ0v) is 11.3. The highest BCUT2D eigenvalue weighted by molar-refractivity contribution is 7.99. The van der Waals surface area contributed by atoms with Crippen molar-refractivity contribution in [2.45, 2.75) is 17.7 Å². The summed E-state index contributed by atoms with van der Waals surface area (Å²) in [6, 6.07) is 3.70. The third-order valence-electron chi connectivity index (χ3n) is 3.13. The molecule has 18 heavy (non-hydrogen) atoms. The predicted molar refractivity (Wildman–Crippen MR) is 69.7 cm³/mol. The summed E-state index contributed by atoms with van der Waals surface area (Å²) in [5, 5.41) is 9.20. The number of carboxylic acids is 1. The summed E-state index contributed by atoms with van der Waals surface area (Å²) in [4.78, 5) is 12.2. The number of methoxy groups -OCH3 is 2. The summed E-state index contributed by atoms with van der Waals surface area (Å²) in [6.45, 7) is 0. The number of rotatable bonds is 3. The molecule has 2 rings (SSSR count). The number of ether oxygens (including phenoxy) is 2. The van der Waals surface area contributed by atoms with Gasteiger partial charge in [-0.25, -0.2) is 0 Å². The van der Waals surface area contributed by atoms with Crippen LogP contribution in [0.3, 0.4) is 0 Å². The Kier molecular flexibility index (Phi) is 4.01. The largest absolute Gasteiger partial charge is 0.496 e. The van der Waals surface area contributed by atoms with Gasteiger partial charge in [-0.15, -0.1) is 11.8 Å². The highest BCUT2D eigenvalue weighted by Gasteiger charge is 2.27. The van der Waals surface area contributed by atoms with Crippen LogP contribution in [0.5, 0.6) is 11.5 Å². The zero-order valence-electron chi connectivity index (χ0n) is 10.4. The summed E-state index contributed by atoms with van der Waals surface area (Å²) < 4.78 is 10.7. The molecule has 0 amide bonds. The van der Waals surface area contributed by atoms with E-state index in [0.717, 1.165) is 27.7 Å². The van der Waals surface area contributed by atoms with Crippen LogP contribution < -0.4 is 9.47 Å². The smallest absolute Gasteiger partial charge is 0.306 e. The lowest BCUT2D eigenvalue weighted by Crippen LogP contribution is -2.16. The summed E-state index contributed by atoms with van der Waals surface area (Å²) in [6.07, 6.45) is 1.17. The average Bonchev–Trinajstić information content (AvgIpc) is 2.60. The fourth-order valence-electron chi connectivity index (χ4n) is 2.15. The van der Waals surface area contributed by atoms with E-state index in [1.54, 1.807) is 26.0 Å². The molecule has 1 aromatic carbocycles. The number of carbonyl (C=O) groups is 1. The van der Waals surface area contributed by atoms with E-state index in [4.69, 9.17) is 9.47 Å². The van der Waals surface area contributed by atoms with Gasteiger partial charge in [0.25, 0.3) is 0 Å². The van der Waals surface area contributed by atoms with E-state index in [-0.39, 0.29) is 5.92 Å². The van der Waals surface area contributed by atoms with Gasteiger partial charge in [0.1, 0.15) is 11.5 Å². The number of aliphatic carboxylic acids is 1. The van der Waals surface area contributed by atoms with E-state index >= 15 is 0 Å². The molecule has 98 valence electrons. The van der Waals surface area contributed by atoms with Gasteiger partial charge in [0, 0.05) is 5.56 Å². The minimum Gasteiger partial charge on any atom is -0.496 e. The Hall–Kier alpha value is -1.36. The number of carboxylic acid groups (broad SMARTS) is 1. The van der Waals surface area contributed by atoms with E-state index in [1.165, 1.54) is 0 Å². The third-order valence-corrected chi connectivity index (χ3v) is 4.31. The topological polar surface area (TPSA) is 55.8 Å². The molecule has 0 radical (unpaired) electrons. The first kappa shape index (κ1) is 13.1. The monoisotopic (exact) mass is 268 g/mol. The van der Waals surface area contributed by atoms with Gasteiger partial charge in [-0.1, -0.05) is 0 Å². The van der Waals surface area contributed by atoms with Crippen LogP contribution in [-0.2, 0) is 11.2 Å². The first-order chi connectivity index (χ1) is 8.67. The molecule has 0 aromatic heterocycles. The van der Waals surface area contributed by atoms with Crippen LogP contribution >= 0.6 is 11.8 Å². The maximum atomic E-state index is 11.2. The molecule has 0 aliphatic carbocycles. The third kappa shape index (κ3) is 2.41. The molecule has 5 heteroatoms. The fraction of sp³-hybridized carbons (Fsp3) is 0.462. The van der Waals surface area contributed by atoms with Crippen LogP contribution in [0.25, 0.3) is 0 Å². The minimum atomic E-state index is -0.742. The molecule has 1 aromatic rings. The highest BCUT2D eigenvalue weighted by Crippen LogP contribution is 2.42. The van der Waals surface area contributed by atoms with Crippen LogP contribution in [0.1, 0.15) is 12.0 Å². The Morgan fingerprint density at radius 1 is 1.33 bits per heavy atom. The molecule has 1 aliphatic heterocycles. The van der Waals surface area contributed by atoms with Crippen LogP contribution in [0, 0.1) is 5.92 Å². The summed E-state index contributed by atoms with van der Waals surface area (Å²) >= 11 is 1.64. The number of fused-ring (bicyclic) bond motifs is 1. The molecular formula is C13H16O4S. The van der Waals surface area contributed by atoms with Crippen molar-refractivity contribution in [3.8, 4) is 11.5 Å². The van der Waals surface area contributed by atoms with Crippen molar-refractivity contribution in [1.29, 1.82) is 0 Å². The standard InChI is InChI=1S/C13H16O4S/c1-16-10-3-4-11(17-2)12-9(10)7-8(13(14)15)5-6-18-12/h3-4,8H,5-7H2,1-2H3,(H,14,15). The van der Waals surface area contributed by atoms with Gasteiger partial charge in [-0.3, -0.25) is 4.79 Å². The van der Waals surface area contributed by atoms with Crippen LogP contribution in [0.4, 0.5) is 0 Å². The molecule has 0 spiro atoms. The van der Waals surface area contributed by atoms with Gasteiger partial charge < -0.3 is 14.6 Å². The van der Waals surface area contributed by atoms with Crippen LogP contribution in [0.15, 0.2) is 17.0 Å². The van der Waals surface area contributed by atoms with E-state index in [9.17, 15) is 9.90 Å². The van der Waals surface area contributed by atoms with Crippen molar-refractivity contribution in [2.75, 3.05) is 20.0 Å². The van der Waals surface area contributed by atoms with E-state index in [0.29, 0.717) is 12.8 Å². The van der Waals surface area contributed by atoms with Gasteiger partial charge in [0.2, 0.25) is 0 Å². The minimum absolute atomic E-state index is 0.347. The van der Waals surface area contributed by atoms with E-state index in [2.05, 4.69) is 0 Å². The molecule has 1 atom stereocenters. The number of thioether (sulfide) groups is 1. The normalized spacial score (nSPS) is 18.7. The van der Waals surface area contributed by atoms with E-state index in [1.807, 2.05) is 12.1 Å². The Morgan fingerprint density at radius 3 is 2.61 bits per heavy atom. The lowest BCUT2D eigenvalue weighted by molar-refractivity contribution is -0.141. The number of hydrogen-bond donors (Lipinski definition) is 1. The highest BCUT2D eigenvalue weighted by atomic mass is 32.2. The summed E-state index contributed by atoms with van der Waals surface area (Å²) in [7, 11) is 3.23. The van der Waals surface area contributed by atoms with Gasteiger partial charge in [-0.2, -0.15) is 0 Å². The van der Waals surface area contributed by atoms with Gasteiger partial charge in [0.15, 0.2) is 0 Å². The molecule has 0 fully saturated rings. The number of hydrogen-bond acceptors (Lipinski definition) is 4. The van der Waals surface area contributed by atoms with Crippen molar-refractivity contribution >= 4 is 17.7 Å². The fourth-order valence-corrected chi connectivity index (χ4v) is 3.41. The molecule has 1 N–H and O–H groups in total. The van der Waals surface area contributed by atoms with Crippen LogP contribution in [0.2, 0.25) is 0 Å². The molecule has 0 saturated carbocycles. The van der Waals surface area contributed by atoms with Crippen LogP contribution in [-0.4, -0.2) is 31.0 Å². The predicted octanol–water partition coefficient (Wildman–Crippen LogP) is 2.44. The summed E-state index contributed by atoms with van der Waals surface area (Å²) in [5.74, 6) is 1.23. The number of benzene rings is 1. The van der Waals surface area contributed by atoms with Gasteiger partial charge >= 0.3 is 5.97 Å².